The summed E-state index contributed by atoms with van der Waals surface area (Å²) in [7, 11) is 0. The molecule has 0 unspecified atom stereocenters. The number of anilines is 1. The number of ether oxygens (including phenoxy) is 1. The number of aryl methyl sites for hydroxylation is 1. The second kappa shape index (κ2) is 21.2. The summed E-state index contributed by atoms with van der Waals surface area (Å²) < 4.78 is 5.48. The third-order valence-corrected chi connectivity index (χ3v) is 9.35. The SMILES string of the molecule is Cc1ccccc1NC(=O)NCCCC[C@@H](C(=O)N[C@@H](CC(=O)O)C(=O)N[C@@H](Cc1ccccc1)C(N)=O)C(=O)[C@H](Cc1c[nH]c2ccccc12)NC(=O)OC(C)(C)C. The quantitative estimate of drug-likeness (QED) is 0.0468. The number of hydrogen-bond donors (Lipinski definition) is 8. The topological polar surface area (TPSA) is 251 Å². The third kappa shape index (κ3) is 14.3. The number of ketones is 1. The Morgan fingerprint density at radius 2 is 1.44 bits per heavy atom. The van der Waals surface area contributed by atoms with Crippen LogP contribution in [0.1, 0.15) is 63.1 Å². The lowest BCUT2D eigenvalue weighted by Crippen LogP contribution is -2.56. The summed E-state index contributed by atoms with van der Waals surface area (Å²) in [6, 6.07) is 18.6. The lowest BCUT2D eigenvalue weighted by molar-refractivity contribution is -0.142. The van der Waals surface area contributed by atoms with Crippen molar-refractivity contribution in [3.05, 3.63) is 102 Å². The van der Waals surface area contributed by atoms with Gasteiger partial charge in [-0.25, -0.2) is 9.59 Å². The molecular formula is C43H53N7O9. The van der Waals surface area contributed by atoms with E-state index in [1.807, 2.05) is 43.3 Å². The summed E-state index contributed by atoms with van der Waals surface area (Å²) in [5.41, 5.74) is 8.28. The molecule has 16 heteroatoms. The molecule has 4 aromatic rings. The number of aromatic nitrogens is 1. The van der Waals surface area contributed by atoms with Gasteiger partial charge in [0, 0.05) is 42.2 Å². The van der Waals surface area contributed by atoms with E-state index in [1.165, 1.54) is 0 Å². The molecule has 0 aliphatic carbocycles. The average molecular weight is 812 g/mol. The molecule has 0 aliphatic heterocycles. The number of nitrogens with one attached hydrogen (secondary N) is 6. The number of primary amides is 1. The number of H-pyrrole nitrogens is 1. The van der Waals surface area contributed by atoms with Crippen LogP contribution in [-0.2, 0) is 41.6 Å². The molecule has 1 heterocycles. The van der Waals surface area contributed by atoms with Gasteiger partial charge < -0.3 is 47.1 Å². The van der Waals surface area contributed by atoms with E-state index in [-0.39, 0.29) is 32.2 Å². The molecule has 0 saturated carbocycles. The minimum absolute atomic E-state index is 0.000369. The Balaban J connectivity index is 1.58. The van der Waals surface area contributed by atoms with Gasteiger partial charge in [0.15, 0.2) is 5.78 Å². The van der Waals surface area contributed by atoms with Crippen molar-refractivity contribution in [2.75, 3.05) is 11.9 Å². The van der Waals surface area contributed by atoms with Crippen molar-refractivity contribution < 1.29 is 43.4 Å². The molecule has 0 fully saturated rings. The van der Waals surface area contributed by atoms with Crippen molar-refractivity contribution in [1.82, 2.24) is 26.3 Å². The normalized spacial score (nSPS) is 13.2. The van der Waals surface area contributed by atoms with E-state index in [0.717, 1.165) is 16.5 Å². The van der Waals surface area contributed by atoms with Crippen molar-refractivity contribution in [3.63, 3.8) is 0 Å². The molecule has 16 nitrogen and oxygen atoms in total. The molecule has 0 radical (unpaired) electrons. The minimum Gasteiger partial charge on any atom is -0.481 e. The number of carbonyl (C=O) groups excluding carboxylic acids is 6. The first kappa shape index (κ1) is 45.0. The van der Waals surface area contributed by atoms with Gasteiger partial charge >= 0.3 is 18.1 Å². The molecule has 4 rings (SSSR count). The maximum atomic E-state index is 14.6. The maximum Gasteiger partial charge on any atom is 0.408 e. The molecule has 3 aromatic carbocycles. The Labute approximate surface area is 342 Å². The Bertz CT molecular complexity index is 2110. The van der Waals surface area contributed by atoms with Gasteiger partial charge in [-0.3, -0.25) is 24.0 Å². The minimum atomic E-state index is -1.72. The number of rotatable bonds is 20. The van der Waals surface area contributed by atoms with Gasteiger partial charge in [0.05, 0.1) is 18.4 Å². The zero-order valence-electron chi connectivity index (χ0n) is 33.6. The van der Waals surface area contributed by atoms with E-state index >= 15 is 0 Å². The number of para-hydroxylation sites is 2. The number of carboxylic acids is 1. The summed E-state index contributed by atoms with van der Waals surface area (Å²) in [5, 5.41) is 23.6. The van der Waals surface area contributed by atoms with E-state index < -0.39 is 77.7 Å². The number of nitrogens with two attached hydrogens (primary N) is 1. The second-order valence-electron chi connectivity index (χ2n) is 15.2. The molecule has 0 saturated heterocycles. The van der Waals surface area contributed by atoms with Crippen LogP contribution in [0.3, 0.4) is 0 Å². The number of aromatic amines is 1. The maximum absolute atomic E-state index is 14.6. The molecule has 0 spiro atoms. The van der Waals surface area contributed by atoms with E-state index in [4.69, 9.17) is 10.5 Å². The monoisotopic (exact) mass is 811 g/mol. The zero-order valence-corrected chi connectivity index (χ0v) is 33.6. The molecule has 0 aliphatic rings. The van der Waals surface area contributed by atoms with Crippen molar-refractivity contribution >= 4 is 58.2 Å². The Hall–Kier alpha value is -6.71. The van der Waals surface area contributed by atoms with Gasteiger partial charge in [-0.05, 0) is 69.4 Å². The molecular weight excluding hydrogens is 759 g/mol. The highest BCUT2D eigenvalue weighted by Gasteiger charge is 2.37. The molecule has 9 N–H and O–H groups in total. The van der Waals surface area contributed by atoms with Gasteiger partial charge in [0.1, 0.15) is 17.7 Å². The van der Waals surface area contributed by atoms with Crippen LogP contribution >= 0.6 is 0 Å². The number of amides is 6. The second-order valence-corrected chi connectivity index (χ2v) is 15.2. The molecule has 0 bridgehead atoms. The predicted octanol–water partition coefficient (Wildman–Crippen LogP) is 4.26. The highest BCUT2D eigenvalue weighted by Crippen LogP contribution is 2.22. The van der Waals surface area contributed by atoms with Crippen LogP contribution in [0.15, 0.2) is 85.1 Å². The van der Waals surface area contributed by atoms with Gasteiger partial charge in [-0.1, -0.05) is 73.2 Å². The van der Waals surface area contributed by atoms with Crippen molar-refractivity contribution in [2.24, 2.45) is 11.7 Å². The van der Waals surface area contributed by atoms with Crippen LogP contribution in [0.2, 0.25) is 0 Å². The Kier molecular flexibility index (Phi) is 16.1. The number of carboxylic acid groups (broad SMARTS) is 1. The van der Waals surface area contributed by atoms with Gasteiger partial charge in [0.2, 0.25) is 17.7 Å². The highest BCUT2D eigenvalue weighted by molar-refractivity contribution is 6.06. The number of Topliss-reactive ketones (excluding diaryl/α,β-unsaturated/α-hetero) is 1. The average Bonchev–Trinajstić information content (AvgIpc) is 3.58. The summed E-state index contributed by atoms with van der Waals surface area (Å²) in [6.07, 6.45) is 0.293. The lowest BCUT2D eigenvalue weighted by Gasteiger charge is -2.27. The van der Waals surface area contributed by atoms with Crippen LogP contribution in [-0.4, -0.2) is 82.0 Å². The fourth-order valence-corrected chi connectivity index (χ4v) is 6.39. The summed E-state index contributed by atoms with van der Waals surface area (Å²) in [5.74, 6) is -6.54. The zero-order chi connectivity index (χ0) is 43.1. The molecule has 1 aromatic heterocycles. The smallest absolute Gasteiger partial charge is 0.408 e. The first-order chi connectivity index (χ1) is 28.0. The van der Waals surface area contributed by atoms with Crippen LogP contribution < -0.4 is 32.3 Å². The number of unbranched alkanes of at least 4 members (excludes halogenated alkanes) is 1. The highest BCUT2D eigenvalue weighted by atomic mass is 16.6. The number of alkyl carbamates (subject to hydrolysis) is 1. The van der Waals surface area contributed by atoms with E-state index in [2.05, 4.69) is 31.6 Å². The van der Waals surface area contributed by atoms with Crippen molar-refractivity contribution in [1.29, 1.82) is 0 Å². The molecule has 6 amide bonds. The van der Waals surface area contributed by atoms with Gasteiger partial charge in [-0.2, -0.15) is 0 Å². The van der Waals surface area contributed by atoms with Gasteiger partial charge in [-0.15, -0.1) is 0 Å². The summed E-state index contributed by atoms with van der Waals surface area (Å²) in [4.78, 5) is 95.6. The fraction of sp³-hybridized carbons (Fsp3) is 0.372. The largest absolute Gasteiger partial charge is 0.481 e. The number of benzene rings is 3. The van der Waals surface area contributed by atoms with Crippen molar-refractivity contribution in [3.8, 4) is 0 Å². The first-order valence-electron chi connectivity index (χ1n) is 19.3. The van der Waals surface area contributed by atoms with E-state index in [0.29, 0.717) is 23.2 Å². The number of urea groups is 1. The standard InChI is InChI=1S/C43H53N7O9/c1-26-14-8-10-19-31(26)49-41(57)45-21-13-12-18-30(37(53)33(50-42(58)59-43(2,3)4)23-28-25-46-32-20-11-9-17-29(28)32)39(55)48-35(24-36(51)52)40(56)47-34(38(44)54)22-27-15-6-5-7-16-27/h5-11,14-17,19-20,25,30,33-35,46H,12-13,18,21-24H2,1-4H3,(H2,44,54)(H,47,56)(H,48,55)(H,50,58)(H,51,52)(H2,45,49,57)/t30-,33+,34+,35+/m1/s1. The number of fused-ring (bicyclic) bond motifs is 1. The number of hydrogen-bond acceptors (Lipinski definition) is 8. The molecule has 4 atom stereocenters. The molecule has 314 valence electrons. The van der Waals surface area contributed by atoms with Crippen LogP contribution in [0.5, 0.6) is 0 Å². The van der Waals surface area contributed by atoms with E-state index in [9.17, 15) is 38.7 Å². The lowest BCUT2D eigenvalue weighted by atomic mass is 9.88. The number of aliphatic carboxylic acids is 1. The molecule has 59 heavy (non-hydrogen) atoms. The first-order valence-corrected chi connectivity index (χ1v) is 19.3. The fourth-order valence-electron chi connectivity index (χ4n) is 6.39. The Morgan fingerprint density at radius 1 is 0.780 bits per heavy atom. The van der Waals surface area contributed by atoms with Crippen LogP contribution in [0.25, 0.3) is 10.9 Å². The summed E-state index contributed by atoms with van der Waals surface area (Å²) in [6.45, 7) is 7.00. The predicted molar refractivity (Wildman–Crippen MR) is 221 cm³/mol. The summed E-state index contributed by atoms with van der Waals surface area (Å²) >= 11 is 0. The van der Waals surface area contributed by atoms with Crippen molar-refractivity contribution in [2.45, 2.75) is 89.9 Å². The number of carbonyl (C=O) groups is 7. The van der Waals surface area contributed by atoms with Crippen LogP contribution in [0, 0.1) is 12.8 Å². The third-order valence-electron chi connectivity index (χ3n) is 9.35. The van der Waals surface area contributed by atoms with Crippen LogP contribution in [0.4, 0.5) is 15.3 Å². The van der Waals surface area contributed by atoms with Gasteiger partial charge in [0.25, 0.3) is 0 Å². The van der Waals surface area contributed by atoms with E-state index in [1.54, 1.807) is 69.4 Å². The Morgan fingerprint density at radius 3 is 2.12 bits per heavy atom.